The van der Waals surface area contributed by atoms with Crippen LogP contribution in [0.1, 0.15) is 54.2 Å². The largest absolute Gasteiger partial charge is 0.492 e. The third-order valence-corrected chi connectivity index (χ3v) is 4.58. The van der Waals surface area contributed by atoms with Crippen molar-refractivity contribution in [2.45, 2.75) is 65.3 Å². The van der Waals surface area contributed by atoms with Crippen molar-refractivity contribution in [3.05, 3.63) is 28.5 Å². The minimum absolute atomic E-state index is 0.177. The minimum Gasteiger partial charge on any atom is -0.444 e. The maximum atomic E-state index is 12.0. The number of nitrogens with zero attached hydrogens (tertiary/aromatic N) is 2. The van der Waals surface area contributed by atoms with E-state index < -0.39 is 30.0 Å². The Morgan fingerprint density at radius 2 is 1.81 bits per heavy atom. The third kappa shape index (κ3) is 5.92. The number of alkyl carbamates (subject to hydrolysis) is 1. The summed E-state index contributed by atoms with van der Waals surface area (Å²) in [6, 6.07) is 3.37. The van der Waals surface area contributed by atoms with E-state index in [1.165, 1.54) is 0 Å². The summed E-state index contributed by atoms with van der Waals surface area (Å²) >= 11 is 5.80. The molecular formula is C18H27BClN3O4. The van der Waals surface area contributed by atoms with Gasteiger partial charge in [0.05, 0.1) is 16.9 Å². The molecule has 27 heavy (non-hydrogen) atoms. The molecular weight excluding hydrogens is 368 g/mol. The predicted octanol–water partition coefficient (Wildman–Crippen LogP) is 3.67. The monoisotopic (exact) mass is 395 g/mol. The number of aromatic nitrogens is 2. The second-order valence-corrected chi connectivity index (χ2v) is 8.83. The van der Waals surface area contributed by atoms with Crippen molar-refractivity contribution in [2.75, 3.05) is 6.54 Å². The van der Waals surface area contributed by atoms with Crippen LogP contribution in [0.2, 0.25) is 5.15 Å². The molecule has 1 aromatic rings. The van der Waals surface area contributed by atoms with Crippen molar-refractivity contribution in [3.8, 4) is 0 Å². The van der Waals surface area contributed by atoms with E-state index >= 15 is 0 Å². The van der Waals surface area contributed by atoms with Crippen LogP contribution in [0.3, 0.4) is 0 Å². The quantitative estimate of drug-likeness (QED) is 0.783. The molecule has 1 fully saturated rings. The Kier molecular flexibility index (Phi) is 6.24. The molecule has 0 radical (unpaired) electrons. The maximum Gasteiger partial charge on any atom is 0.492 e. The highest BCUT2D eigenvalue weighted by atomic mass is 35.5. The topological polar surface area (TPSA) is 82.6 Å². The lowest BCUT2D eigenvalue weighted by molar-refractivity contribution is 0.00578. The van der Waals surface area contributed by atoms with Crippen molar-refractivity contribution in [2.24, 2.45) is 0 Å². The highest BCUT2D eigenvalue weighted by Gasteiger charge is 2.52. The fraction of sp³-hybridized carbons (Fsp3) is 0.611. The molecule has 0 aromatic carbocycles. The van der Waals surface area contributed by atoms with Crippen LogP contribution < -0.4 is 5.32 Å². The van der Waals surface area contributed by atoms with Crippen molar-refractivity contribution < 1.29 is 18.8 Å². The lowest BCUT2D eigenvalue weighted by atomic mass is 9.77. The molecule has 1 amide bonds. The molecule has 0 bridgehead atoms. The number of nitrogens with one attached hydrogen (secondary N) is 1. The zero-order chi connectivity index (χ0) is 20.5. The van der Waals surface area contributed by atoms with Crippen molar-refractivity contribution in [1.29, 1.82) is 0 Å². The Morgan fingerprint density at radius 3 is 2.30 bits per heavy atom. The smallest absolute Gasteiger partial charge is 0.444 e. The van der Waals surface area contributed by atoms with E-state index in [0.29, 0.717) is 16.3 Å². The van der Waals surface area contributed by atoms with Gasteiger partial charge in [0, 0.05) is 6.54 Å². The lowest BCUT2D eigenvalue weighted by Crippen LogP contribution is -2.41. The highest BCUT2D eigenvalue weighted by Crippen LogP contribution is 2.38. The van der Waals surface area contributed by atoms with Crippen LogP contribution in [0.25, 0.3) is 6.08 Å². The summed E-state index contributed by atoms with van der Waals surface area (Å²) in [4.78, 5) is 12.0. The summed E-state index contributed by atoms with van der Waals surface area (Å²) in [5, 5.41) is 10.9. The van der Waals surface area contributed by atoms with Crippen LogP contribution in [0.15, 0.2) is 17.6 Å². The summed E-state index contributed by atoms with van der Waals surface area (Å²) in [5.74, 6) is 0. The van der Waals surface area contributed by atoms with Crippen molar-refractivity contribution in [1.82, 2.24) is 15.5 Å². The van der Waals surface area contributed by atoms with E-state index in [4.69, 9.17) is 25.6 Å². The number of carbonyl (C=O) groups excluding carboxylic acids is 1. The lowest BCUT2D eigenvalue weighted by Gasteiger charge is -2.32. The predicted molar refractivity (Wildman–Crippen MR) is 105 cm³/mol. The normalized spacial score (nSPS) is 19.1. The van der Waals surface area contributed by atoms with Gasteiger partial charge in [-0.2, -0.15) is 0 Å². The number of hydrogen-bond acceptors (Lipinski definition) is 6. The molecule has 9 heteroatoms. The third-order valence-electron chi connectivity index (χ3n) is 4.38. The molecule has 1 N–H and O–H groups in total. The Labute approximate surface area is 166 Å². The van der Waals surface area contributed by atoms with Crippen LogP contribution in [0, 0.1) is 0 Å². The number of ether oxygens (including phenoxy) is 1. The number of amides is 1. The second-order valence-electron chi connectivity index (χ2n) is 8.44. The highest BCUT2D eigenvalue weighted by molar-refractivity contribution is 6.56. The maximum absolute atomic E-state index is 12.0. The van der Waals surface area contributed by atoms with Crippen LogP contribution >= 0.6 is 11.6 Å². The zero-order valence-corrected chi connectivity index (χ0v) is 17.7. The first-order valence-corrected chi connectivity index (χ1v) is 9.19. The number of halogens is 1. The van der Waals surface area contributed by atoms with E-state index in [1.807, 2.05) is 27.7 Å². The number of hydrogen-bond donors (Lipinski definition) is 1. The molecule has 1 aliphatic rings. The minimum atomic E-state index is -0.637. The van der Waals surface area contributed by atoms with Gasteiger partial charge in [-0.15, -0.1) is 10.2 Å². The molecule has 1 aliphatic heterocycles. The first kappa shape index (κ1) is 21.7. The van der Waals surface area contributed by atoms with Gasteiger partial charge in [0.2, 0.25) is 0 Å². The van der Waals surface area contributed by atoms with Gasteiger partial charge in [0.15, 0.2) is 5.15 Å². The molecule has 1 saturated heterocycles. The van der Waals surface area contributed by atoms with Crippen LogP contribution in [0.4, 0.5) is 4.79 Å². The molecule has 2 heterocycles. The molecule has 0 atom stereocenters. The molecule has 148 valence electrons. The summed E-state index contributed by atoms with van der Waals surface area (Å²) in [6.45, 7) is 13.5. The van der Waals surface area contributed by atoms with Gasteiger partial charge >= 0.3 is 13.2 Å². The molecule has 1 aromatic heterocycles. The Morgan fingerprint density at radius 1 is 1.22 bits per heavy atom. The van der Waals surface area contributed by atoms with Crippen molar-refractivity contribution >= 4 is 30.9 Å². The summed E-state index contributed by atoms with van der Waals surface area (Å²) in [6.07, 6.45) is 1.25. The second kappa shape index (κ2) is 7.77. The van der Waals surface area contributed by atoms with Gasteiger partial charge in [-0.1, -0.05) is 11.6 Å². The molecule has 0 aliphatic carbocycles. The van der Waals surface area contributed by atoms with Crippen molar-refractivity contribution in [3.63, 3.8) is 0 Å². The molecule has 2 rings (SSSR count). The Balaban J connectivity index is 2.22. The van der Waals surface area contributed by atoms with E-state index in [0.717, 1.165) is 0 Å². The van der Waals surface area contributed by atoms with E-state index in [2.05, 4.69) is 15.5 Å². The SMILES string of the molecule is CC(C)(C)OC(=O)NCC(=Cc1ccc(Cl)nn1)B1OC(C)(C)C(C)(C)O1. The molecule has 0 saturated carbocycles. The average molecular weight is 396 g/mol. The van der Waals surface area contributed by atoms with Crippen LogP contribution in [0.5, 0.6) is 0 Å². The first-order chi connectivity index (χ1) is 12.3. The van der Waals surface area contributed by atoms with Crippen LogP contribution in [-0.4, -0.2) is 46.8 Å². The van der Waals surface area contributed by atoms with E-state index in [1.54, 1.807) is 39.0 Å². The molecule has 0 spiro atoms. The van der Waals surface area contributed by atoms with Gasteiger partial charge in [0.25, 0.3) is 0 Å². The molecule has 0 unspecified atom stereocenters. The van der Waals surface area contributed by atoms with E-state index in [-0.39, 0.29) is 6.54 Å². The molecule has 7 nitrogen and oxygen atoms in total. The van der Waals surface area contributed by atoms with E-state index in [9.17, 15) is 4.79 Å². The van der Waals surface area contributed by atoms with Gasteiger partial charge in [-0.25, -0.2) is 4.79 Å². The zero-order valence-electron chi connectivity index (χ0n) is 16.9. The average Bonchev–Trinajstić information content (AvgIpc) is 2.72. The number of carbonyl (C=O) groups is 1. The van der Waals surface area contributed by atoms with Gasteiger partial charge in [-0.05, 0) is 72.1 Å². The number of rotatable bonds is 4. The fourth-order valence-corrected chi connectivity index (χ4v) is 2.38. The summed E-state index contributed by atoms with van der Waals surface area (Å²) in [5.41, 5.74) is -0.325. The first-order valence-electron chi connectivity index (χ1n) is 8.81. The Bertz CT molecular complexity index is 698. The van der Waals surface area contributed by atoms with Gasteiger partial charge < -0.3 is 19.4 Å². The summed E-state index contributed by atoms with van der Waals surface area (Å²) in [7, 11) is -0.637. The standard InChI is InChI=1S/C18H27BClN3O4/c1-16(2,3)25-15(24)21-11-12(10-13-8-9-14(20)23-22-13)19-26-17(4,5)18(6,7)27-19/h8-10H,11H2,1-7H3,(H,21,24). The van der Waals surface area contributed by atoms with Gasteiger partial charge in [-0.3, -0.25) is 0 Å². The summed E-state index contributed by atoms with van der Waals surface area (Å²) < 4.78 is 17.5. The van der Waals surface area contributed by atoms with Gasteiger partial charge in [0.1, 0.15) is 5.60 Å². The Hall–Kier alpha value is -1.64. The van der Waals surface area contributed by atoms with Crippen LogP contribution in [-0.2, 0) is 14.0 Å². The fourth-order valence-electron chi connectivity index (χ4n) is 2.28.